The van der Waals surface area contributed by atoms with Gasteiger partial charge in [-0.2, -0.15) is 0 Å². The summed E-state index contributed by atoms with van der Waals surface area (Å²) < 4.78 is 6.00. The largest absolute Gasteiger partial charge is 0.457 e. The number of aryl methyl sites for hydroxylation is 3. The summed E-state index contributed by atoms with van der Waals surface area (Å²) in [4.78, 5) is 0. The second-order valence-corrected chi connectivity index (χ2v) is 4.57. The van der Waals surface area contributed by atoms with E-state index in [2.05, 4.69) is 52.0 Å². The van der Waals surface area contributed by atoms with E-state index in [1.165, 1.54) is 16.7 Å². The second-order valence-electron chi connectivity index (χ2n) is 4.57. The van der Waals surface area contributed by atoms with Crippen molar-refractivity contribution in [2.45, 2.75) is 27.7 Å². The predicted molar refractivity (Wildman–Crippen MR) is 71.9 cm³/mol. The third-order valence-corrected chi connectivity index (χ3v) is 3.12. The molecule has 0 saturated heterocycles. The Morgan fingerprint density at radius 1 is 0.765 bits per heavy atom. The van der Waals surface area contributed by atoms with E-state index < -0.39 is 0 Å². The molecule has 2 aromatic carbocycles. The van der Waals surface area contributed by atoms with Crippen molar-refractivity contribution in [1.82, 2.24) is 0 Å². The Balaban J connectivity index is 2.38. The molecule has 88 valence electrons. The molecule has 17 heavy (non-hydrogen) atoms. The summed E-state index contributed by atoms with van der Waals surface area (Å²) in [6, 6.07) is 12.4. The van der Waals surface area contributed by atoms with E-state index in [0.717, 1.165) is 17.1 Å². The van der Waals surface area contributed by atoms with E-state index in [4.69, 9.17) is 4.74 Å². The first-order valence-electron chi connectivity index (χ1n) is 5.89. The van der Waals surface area contributed by atoms with Crippen molar-refractivity contribution >= 4 is 0 Å². The molecule has 1 heteroatoms. The average molecular weight is 226 g/mol. The fourth-order valence-corrected chi connectivity index (χ4v) is 1.77. The summed E-state index contributed by atoms with van der Waals surface area (Å²) in [6.45, 7) is 8.34. The Kier molecular flexibility index (Phi) is 3.19. The fourth-order valence-electron chi connectivity index (χ4n) is 1.77. The van der Waals surface area contributed by atoms with Crippen LogP contribution in [0.2, 0.25) is 0 Å². The Morgan fingerprint density at radius 3 is 2.29 bits per heavy atom. The monoisotopic (exact) mass is 226 g/mol. The van der Waals surface area contributed by atoms with Crippen LogP contribution in [0.25, 0.3) is 0 Å². The first-order chi connectivity index (χ1) is 8.08. The Bertz CT molecular complexity index is 541. The van der Waals surface area contributed by atoms with Gasteiger partial charge in [0.05, 0.1) is 0 Å². The van der Waals surface area contributed by atoms with Crippen LogP contribution in [-0.4, -0.2) is 0 Å². The summed E-state index contributed by atoms with van der Waals surface area (Å²) in [6.07, 6.45) is 0. The molecule has 0 heterocycles. The molecule has 0 aliphatic heterocycles. The van der Waals surface area contributed by atoms with Gasteiger partial charge in [0, 0.05) is 0 Å². The number of hydrogen-bond donors (Lipinski definition) is 0. The van der Waals surface area contributed by atoms with Crippen molar-refractivity contribution in [2.75, 3.05) is 0 Å². The van der Waals surface area contributed by atoms with E-state index in [9.17, 15) is 0 Å². The van der Waals surface area contributed by atoms with Gasteiger partial charge in [-0.1, -0.05) is 24.3 Å². The topological polar surface area (TPSA) is 9.23 Å². The van der Waals surface area contributed by atoms with Crippen LogP contribution in [0.4, 0.5) is 0 Å². The van der Waals surface area contributed by atoms with Gasteiger partial charge in [-0.15, -0.1) is 0 Å². The number of benzene rings is 2. The van der Waals surface area contributed by atoms with Crippen molar-refractivity contribution in [3.8, 4) is 11.5 Å². The van der Waals surface area contributed by atoms with Crippen molar-refractivity contribution in [3.63, 3.8) is 0 Å². The maximum atomic E-state index is 6.00. The molecule has 0 bridgehead atoms. The average Bonchev–Trinajstić information content (AvgIpc) is 2.30. The third kappa shape index (κ3) is 2.50. The highest BCUT2D eigenvalue weighted by atomic mass is 16.5. The first kappa shape index (κ1) is 11.7. The van der Waals surface area contributed by atoms with E-state index in [1.807, 2.05) is 12.1 Å². The fraction of sp³-hybridized carbons (Fsp3) is 0.250. The Hall–Kier alpha value is -1.76. The van der Waals surface area contributed by atoms with Gasteiger partial charge >= 0.3 is 0 Å². The summed E-state index contributed by atoms with van der Waals surface area (Å²) in [5.74, 6) is 1.89. The van der Waals surface area contributed by atoms with Gasteiger partial charge in [0.15, 0.2) is 0 Å². The van der Waals surface area contributed by atoms with Crippen LogP contribution < -0.4 is 4.74 Å². The molecule has 0 saturated carbocycles. The van der Waals surface area contributed by atoms with Crippen molar-refractivity contribution in [2.24, 2.45) is 0 Å². The lowest BCUT2D eigenvalue weighted by Gasteiger charge is -2.12. The molecule has 0 radical (unpaired) electrons. The summed E-state index contributed by atoms with van der Waals surface area (Å²) in [7, 11) is 0. The van der Waals surface area contributed by atoms with Crippen LogP contribution in [0, 0.1) is 27.7 Å². The molecule has 0 aliphatic rings. The highest BCUT2D eigenvalue weighted by molar-refractivity contribution is 5.44. The molecular weight excluding hydrogens is 208 g/mol. The number of hydrogen-bond acceptors (Lipinski definition) is 1. The van der Waals surface area contributed by atoms with E-state index in [1.54, 1.807) is 0 Å². The van der Waals surface area contributed by atoms with Gasteiger partial charge < -0.3 is 4.74 Å². The maximum absolute atomic E-state index is 6.00. The maximum Gasteiger partial charge on any atom is 0.130 e. The van der Waals surface area contributed by atoms with Gasteiger partial charge in [0.1, 0.15) is 11.5 Å². The normalized spacial score (nSPS) is 10.4. The number of ether oxygens (including phenoxy) is 1. The van der Waals surface area contributed by atoms with Crippen molar-refractivity contribution < 1.29 is 4.74 Å². The minimum absolute atomic E-state index is 0.943. The van der Waals surface area contributed by atoms with Crippen LogP contribution in [0.5, 0.6) is 11.5 Å². The third-order valence-electron chi connectivity index (χ3n) is 3.12. The summed E-state index contributed by atoms with van der Waals surface area (Å²) in [5, 5.41) is 0. The molecule has 0 aliphatic carbocycles. The van der Waals surface area contributed by atoms with Crippen molar-refractivity contribution in [3.05, 3.63) is 58.7 Å². The summed E-state index contributed by atoms with van der Waals surface area (Å²) in [5.41, 5.74) is 4.84. The van der Waals surface area contributed by atoms with Gasteiger partial charge in [0.25, 0.3) is 0 Å². The molecule has 0 N–H and O–H groups in total. The van der Waals surface area contributed by atoms with Crippen LogP contribution in [0.15, 0.2) is 36.4 Å². The minimum atomic E-state index is 0.943. The molecular formula is C16H18O. The first-order valence-corrected chi connectivity index (χ1v) is 5.89. The summed E-state index contributed by atoms with van der Waals surface area (Å²) >= 11 is 0. The molecule has 0 aromatic heterocycles. The lowest BCUT2D eigenvalue weighted by Crippen LogP contribution is -1.92. The quantitative estimate of drug-likeness (QED) is 0.720. The predicted octanol–water partition coefficient (Wildman–Crippen LogP) is 4.71. The van der Waals surface area contributed by atoms with Crippen molar-refractivity contribution in [1.29, 1.82) is 0 Å². The van der Waals surface area contributed by atoms with Gasteiger partial charge in [0.2, 0.25) is 0 Å². The molecule has 0 atom stereocenters. The van der Waals surface area contributed by atoms with Gasteiger partial charge in [-0.05, 0) is 62.1 Å². The smallest absolute Gasteiger partial charge is 0.130 e. The Labute approximate surface area is 103 Å². The Morgan fingerprint density at radius 2 is 1.53 bits per heavy atom. The van der Waals surface area contributed by atoms with E-state index >= 15 is 0 Å². The number of rotatable bonds is 2. The SMILES string of the molecule is Cc1ccc(C)c(Oc2cccc(C)c2C)c1. The molecule has 0 spiro atoms. The molecule has 0 fully saturated rings. The highest BCUT2D eigenvalue weighted by Gasteiger charge is 2.05. The van der Waals surface area contributed by atoms with Crippen LogP contribution >= 0.6 is 0 Å². The zero-order valence-corrected chi connectivity index (χ0v) is 10.9. The molecule has 2 rings (SSSR count). The van der Waals surface area contributed by atoms with Gasteiger partial charge in [-0.25, -0.2) is 0 Å². The standard InChI is InChI=1S/C16H18O/c1-11-8-9-13(3)16(10-11)17-15-7-5-6-12(2)14(15)4/h5-10H,1-4H3. The molecule has 0 unspecified atom stereocenters. The lowest BCUT2D eigenvalue weighted by atomic mass is 10.1. The highest BCUT2D eigenvalue weighted by Crippen LogP contribution is 2.29. The van der Waals surface area contributed by atoms with Crippen LogP contribution in [0.1, 0.15) is 22.3 Å². The van der Waals surface area contributed by atoms with Gasteiger partial charge in [-0.3, -0.25) is 0 Å². The zero-order chi connectivity index (χ0) is 12.4. The molecule has 2 aromatic rings. The van der Waals surface area contributed by atoms with Crippen LogP contribution in [-0.2, 0) is 0 Å². The zero-order valence-electron chi connectivity index (χ0n) is 10.9. The second kappa shape index (κ2) is 4.62. The lowest BCUT2D eigenvalue weighted by molar-refractivity contribution is 0.474. The van der Waals surface area contributed by atoms with Crippen LogP contribution in [0.3, 0.4) is 0 Å². The van der Waals surface area contributed by atoms with E-state index in [-0.39, 0.29) is 0 Å². The minimum Gasteiger partial charge on any atom is -0.457 e. The molecule has 0 amide bonds. The molecule has 1 nitrogen and oxygen atoms in total. The van der Waals surface area contributed by atoms with E-state index in [0.29, 0.717) is 0 Å².